The minimum absolute atomic E-state index is 0.170. The number of hydrogen-bond acceptors (Lipinski definition) is 5. The van der Waals surface area contributed by atoms with E-state index >= 15 is 0 Å². The lowest BCUT2D eigenvalue weighted by Crippen LogP contribution is -2.58. The molecule has 2 rings (SSSR count). The van der Waals surface area contributed by atoms with Gasteiger partial charge in [0.2, 0.25) is 0 Å². The highest BCUT2D eigenvalue weighted by Crippen LogP contribution is 2.45. The van der Waals surface area contributed by atoms with E-state index in [1.54, 1.807) is 7.11 Å². The number of carbonyl (C=O) groups excluding carboxylic acids is 1. The van der Waals surface area contributed by atoms with Gasteiger partial charge in [-0.2, -0.15) is 0 Å². The molecule has 0 N–H and O–H groups in total. The molecule has 0 unspecified atom stereocenters. The maximum atomic E-state index is 11.2. The van der Waals surface area contributed by atoms with Crippen LogP contribution < -0.4 is 0 Å². The van der Waals surface area contributed by atoms with Gasteiger partial charge in [0.15, 0.2) is 12.1 Å². The predicted octanol–water partition coefficient (Wildman–Crippen LogP) is 1.35. The minimum Gasteiger partial charge on any atom is -0.359 e. The monoisotopic (exact) mass is 258 g/mol. The van der Waals surface area contributed by atoms with Gasteiger partial charge in [-0.15, -0.1) is 0 Å². The van der Waals surface area contributed by atoms with Gasteiger partial charge in [-0.1, -0.05) is 13.8 Å². The summed E-state index contributed by atoms with van der Waals surface area (Å²) in [6.45, 7) is 5.04. The lowest BCUT2D eigenvalue weighted by Gasteiger charge is -2.48. The molecule has 2 fully saturated rings. The van der Waals surface area contributed by atoms with Crippen molar-refractivity contribution in [3.63, 3.8) is 0 Å². The summed E-state index contributed by atoms with van der Waals surface area (Å²) < 4.78 is 22.2. The van der Waals surface area contributed by atoms with Crippen molar-refractivity contribution in [3.8, 4) is 0 Å². The van der Waals surface area contributed by atoms with Gasteiger partial charge in [-0.3, -0.25) is 0 Å². The van der Waals surface area contributed by atoms with Crippen molar-refractivity contribution in [2.75, 3.05) is 20.5 Å². The Balaban J connectivity index is 2.13. The molecular formula is C13H22O5. The Morgan fingerprint density at radius 1 is 1.44 bits per heavy atom. The van der Waals surface area contributed by atoms with Gasteiger partial charge in [0, 0.05) is 19.4 Å². The van der Waals surface area contributed by atoms with E-state index in [1.807, 2.05) is 0 Å². The van der Waals surface area contributed by atoms with Crippen LogP contribution in [0.15, 0.2) is 0 Å². The fourth-order valence-corrected chi connectivity index (χ4v) is 2.98. The fourth-order valence-electron chi connectivity index (χ4n) is 2.98. The molecule has 0 aromatic carbocycles. The topological polar surface area (TPSA) is 54.0 Å². The quantitative estimate of drug-likeness (QED) is 0.563. The third kappa shape index (κ3) is 2.32. The molecule has 5 heteroatoms. The average molecular weight is 258 g/mol. The molecule has 2 aliphatic rings. The summed E-state index contributed by atoms with van der Waals surface area (Å²) in [5.74, 6) is -0.224. The van der Waals surface area contributed by atoms with E-state index in [0.717, 1.165) is 19.1 Å². The van der Waals surface area contributed by atoms with Crippen LogP contribution in [-0.4, -0.2) is 44.8 Å². The van der Waals surface area contributed by atoms with Crippen LogP contribution in [0.3, 0.4) is 0 Å². The van der Waals surface area contributed by atoms with Crippen molar-refractivity contribution in [2.24, 2.45) is 11.8 Å². The Bertz CT molecular complexity index is 287. The van der Waals surface area contributed by atoms with Gasteiger partial charge in [0.1, 0.15) is 12.9 Å². The normalized spacial score (nSPS) is 44.4. The van der Waals surface area contributed by atoms with Crippen LogP contribution >= 0.6 is 0 Å². The van der Waals surface area contributed by atoms with Crippen molar-refractivity contribution in [3.05, 3.63) is 0 Å². The smallest absolute Gasteiger partial charge is 0.172 e. The molecule has 0 aromatic rings. The molecule has 0 bridgehead atoms. The number of carbonyl (C=O) groups is 1. The maximum absolute atomic E-state index is 11.2. The molecule has 18 heavy (non-hydrogen) atoms. The lowest BCUT2D eigenvalue weighted by molar-refractivity contribution is -0.318. The molecule has 1 spiro atoms. The number of rotatable bonds is 4. The van der Waals surface area contributed by atoms with Gasteiger partial charge in [0.05, 0.1) is 12.7 Å². The molecule has 2 saturated heterocycles. The van der Waals surface area contributed by atoms with Crippen molar-refractivity contribution in [1.29, 1.82) is 0 Å². The number of aldehydes is 1. The predicted molar refractivity (Wildman–Crippen MR) is 63.9 cm³/mol. The zero-order valence-corrected chi connectivity index (χ0v) is 11.3. The molecular weight excluding hydrogens is 236 g/mol. The summed E-state index contributed by atoms with van der Waals surface area (Å²) >= 11 is 0. The van der Waals surface area contributed by atoms with Gasteiger partial charge >= 0.3 is 0 Å². The first-order valence-electron chi connectivity index (χ1n) is 6.52. The zero-order valence-electron chi connectivity index (χ0n) is 11.3. The standard InChI is InChI=1S/C13H22O5/c1-9-10(2)13(5-4-6-17-13)18-11(7-14)12(9)16-8-15-3/h7,9-12H,4-6,8H2,1-3H3/t9-,10-,11-,12+,13+/m0/s1. The second kappa shape index (κ2) is 5.65. The van der Waals surface area contributed by atoms with Crippen LogP contribution in [0.1, 0.15) is 26.7 Å². The molecule has 0 amide bonds. The summed E-state index contributed by atoms with van der Waals surface area (Å²) in [4.78, 5) is 11.2. The van der Waals surface area contributed by atoms with Crippen LogP contribution in [0.2, 0.25) is 0 Å². The first-order chi connectivity index (χ1) is 8.64. The zero-order chi connectivity index (χ0) is 13.2. The Hall–Kier alpha value is -0.490. The second-order valence-corrected chi connectivity index (χ2v) is 5.17. The third-order valence-corrected chi connectivity index (χ3v) is 4.19. The Morgan fingerprint density at radius 2 is 2.22 bits per heavy atom. The van der Waals surface area contributed by atoms with E-state index < -0.39 is 11.9 Å². The summed E-state index contributed by atoms with van der Waals surface area (Å²) in [5, 5.41) is 0. The van der Waals surface area contributed by atoms with Gasteiger partial charge in [-0.25, -0.2) is 0 Å². The van der Waals surface area contributed by atoms with Crippen LogP contribution in [-0.2, 0) is 23.7 Å². The number of hydrogen-bond donors (Lipinski definition) is 0. The highest BCUT2D eigenvalue weighted by molar-refractivity contribution is 5.57. The van der Waals surface area contributed by atoms with Crippen LogP contribution in [0.4, 0.5) is 0 Å². The first kappa shape index (κ1) is 13.9. The van der Waals surface area contributed by atoms with E-state index in [2.05, 4.69) is 13.8 Å². The summed E-state index contributed by atoms with van der Waals surface area (Å²) in [5.41, 5.74) is 0. The van der Waals surface area contributed by atoms with E-state index in [1.165, 1.54) is 0 Å². The van der Waals surface area contributed by atoms with E-state index in [4.69, 9.17) is 18.9 Å². The highest BCUT2D eigenvalue weighted by atomic mass is 16.7. The maximum Gasteiger partial charge on any atom is 0.172 e. The summed E-state index contributed by atoms with van der Waals surface area (Å²) in [6.07, 6.45) is 1.79. The molecule has 2 heterocycles. The molecule has 5 nitrogen and oxygen atoms in total. The highest BCUT2D eigenvalue weighted by Gasteiger charge is 2.53. The van der Waals surface area contributed by atoms with Crippen molar-refractivity contribution < 1.29 is 23.7 Å². The second-order valence-electron chi connectivity index (χ2n) is 5.17. The van der Waals surface area contributed by atoms with E-state index in [0.29, 0.717) is 6.61 Å². The summed E-state index contributed by atoms with van der Waals surface area (Å²) in [7, 11) is 1.56. The number of methoxy groups -OCH3 is 1. The number of ether oxygens (including phenoxy) is 4. The molecule has 5 atom stereocenters. The molecule has 2 aliphatic heterocycles. The van der Waals surface area contributed by atoms with Gasteiger partial charge in [-0.05, 0) is 12.3 Å². The van der Waals surface area contributed by atoms with Crippen molar-refractivity contribution >= 4 is 6.29 Å². The Kier molecular flexibility index (Phi) is 4.37. The van der Waals surface area contributed by atoms with Gasteiger partial charge < -0.3 is 23.7 Å². The van der Waals surface area contributed by atoms with Crippen LogP contribution in [0.25, 0.3) is 0 Å². The molecule has 0 aliphatic carbocycles. The minimum atomic E-state index is -0.599. The Labute approximate surface area is 108 Å². The van der Waals surface area contributed by atoms with E-state index in [-0.39, 0.29) is 24.7 Å². The largest absolute Gasteiger partial charge is 0.359 e. The molecule has 104 valence electrons. The molecule has 0 radical (unpaired) electrons. The summed E-state index contributed by atoms with van der Waals surface area (Å²) in [6, 6.07) is 0. The van der Waals surface area contributed by atoms with Crippen LogP contribution in [0.5, 0.6) is 0 Å². The SMILES string of the molecule is COCO[C@@H]1[C@@H](C)[C@H](C)[C@@]2(CCCO2)O[C@H]1C=O. The van der Waals surface area contributed by atoms with E-state index in [9.17, 15) is 4.79 Å². The van der Waals surface area contributed by atoms with Crippen molar-refractivity contribution in [1.82, 2.24) is 0 Å². The average Bonchev–Trinajstić information content (AvgIpc) is 2.84. The van der Waals surface area contributed by atoms with Gasteiger partial charge in [0.25, 0.3) is 0 Å². The fraction of sp³-hybridized carbons (Fsp3) is 0.923. The van der Waals surface area contributed by atoms with Crippen LogP contribution in [0, 0.1) is 11.8 Å². The Morgan fingerprint density at radius 3 is 2.78 bits per heavy atom. The lowest BCUT2D eigenvalue weighted by atomic mass is 9.78. The molecule has 0 aromatic heterocycles. The molecule has 0 saturated carbocycles. The third-order valence-electron chi connectivity index (χ3n) is 4.19. The van der Waals surface area contributed by atoms with Crippen molar-refractivity contribution in [2.45, 2.75) is 44.7 Å². The first-order valence-corrected chi connectivity index (χ1v) is 6.52.